The van der Waals surface area contributed by atoms with Crippen molar-refractivity contribution in [2.24, 2.45) is 22.2 Å². The number of hydrogen-bond donors (Lipinski definition) is 3. The number of guanidine groups is 1. The fraction of sp³-hybridized carbons (Fsp3) is 0.576. The number of aromatic nitrogens is 2. The highest BCUT2D eigenvalue weighted by Crippen LogP contribution is 2.60. The first-order valence-corrected chi connectivity index (χ1v) is 16.2. The van der Waals surface area contributed by atoms with E-state index in [0.29, 0.717) is 28.6 Å². The molecule has 44 heavy (non-hydrogen) atoms. The van der Waals surface area contributed by atoms with E-state index in [1.54, 1.807) is 6.07 Å². The van der Waals surface area contributed by atoms with E-state index in [0.717, 1.165) is 69.6 Å². The summed E-state index contributed by atoms with van der Waals surface area (Å²) in [4.78, 5) is 24.6. The number of carbonyl (C=O) groups is 1. The smallest absolute Gasteiger partial charge is 0.308 e. The number of hydrogen-bond acceptors (Lipinski definition) is 11. The summed E-state index contributed by atoms with van der Waals surface area (Å²) < 4.78 is 4.94. The van der Waals surface area contributed by atoms with Crippen LogP contribution < -0.4 is 15.5 Å². The van der Waals surface area contributed by atoms with Crippen LogP contribution in [-0.4, -0.2) is 102 Å². The van der Waals surface area contributed by atoms with E-state index in [-0.39, 0.29) is 29.7 Å². The number of rotatable bonds is 4. The third kappa shape index (κ3) is 4.85. The van der Waals surface area contributed by atoms with E-state index < -0.39 is 0 Å². The molecule has 0 bridgehead atoms. The van der Waals surface area contributed by atoms with Gasteiger partial charge in [-0.05, 0) is 87.2 Å². The number of anilines is 2. The SMILES string of the molecule is COC(=O)C1CC2(C1)CC(N1CCC(C3C=CNC(N4CCN5c6cc(-c7ccccc7O)nnc6NCC5C4)=N3)CC1)C2. The summed E-state index contributed by atoms with van der Waals surface area (Å²) in [5.74, 6) is 2.67. The Morgan fingerprint density at radius 3 is 2.66 bits per heavy atom. The molecule has 2 saturated heterocycles. The second-order valence-corrected chi connectivity index (χ2v) is 13.7. The van der Waals surface area contributed by atoms with Gasteiger partial charge in [-0.3, -0.25) is 4.79 Å². The average molecular weight is 599 g/mol. The van der Waals surface area contributed by atoms with E-state index in [1.807, 2.05) is 24.3 Å². The van der Waals surface area contributed by atoms with Crippen molar-refractivity contribution < 1.29 is 14.6 Å². The predicted octanol–water partition coefficient (Wildman–Crippen LogP) is 3.05. The van der Waals surface area contributed by atoms with Gasteiger partial charge in [0.15, 0.2) is 11.8 Å². The van der Waals surface area contributed by atoms with Crippen molar-refractivity contribution in [3.05, 3.63) is 42.6 Å². The minimum absolute atomic E-state index is 0.0216. The lowest BCUT2D eigenvalue weighted by Gasteiger charge is -2.60. The van der Waals surface area contributed by atoms with Crippen LogP contribution >= 0.6 is 0 Å². The van der Waals surface area contributed by atoms with Crippen LogP contribution in [0.5, 0.6) is 5.75 Å². The maximum absolute atomic E-state index is 11.8. The Morgan fingerprint density at radius 1 is 1.05 bits per heavy atom. The molecule has 8 rings (SSSR count). The molecule has 1 aromatic carbocycles. The Morgan fingerprint density at radius 2 is 1.86 bits per heavy atom. The highest BCUT2D eigenvalue weighted by molar-refractivity contribution is 5.83. The summed E-state index contributed by atoms with van der Waals surface area (Å²) in [6, 6.07) is 10.5. The molecule has 3 N–H and O–H groups in total. The standard InChI is InChI=1S/C33H42N8O3/c1-44-31(43)22-15-33(16-22)17-23(18-33)39-10-7-21(8-11-39)26-6-9-34-32(36-26)40-12-13-41-24(20-40)19-35-30-28(41)14-27(37-38-30)25-4-2-3-5-29(25)42/h2-6,9,14,21-24,26,42H,7-8,10-13,15-20H2,1H3,(H,34,36)(H,35,38). The van der Waals surface area contributed by atoms with Crippen LogP contribution in [0, 0.1) is 17.3 Å². The molecule has 0 amide bonds. The fourth-order valence-electron chi connectivity index (χ4n) is 8.66. The molecule has 4 aliphatic heterocycles. The monoisotopic (exact) mass is 598 g/mol. The van der Waals surface area contributed by atoms with Gasteiger partial charge in [0.2, 0.25) is 0 Å². The summed E-state index contributed by atoms with van der Waals surface area (Å²) in [7, 11) is 1.50. The molecule has 1 spiro atoms. The number of para-hydroxylation sites is 1. The third-order valence-electron chi connectivity index (χ3n) is 11.1. The molecular weight excluding hydrogens is 556 g/mol. The minimum atomic E-state index is -0.0216. The number of nitrogens with one attached hydrogen (secondary N) is 2. The Hall–Kier alpha value is -3.86. The molecule has 2 unspecified atom stereocenters. The van der Waals surface area contributed by atoms with Gasteiger partial charge in [-0.2, -0.15) is 0 Å². The number of piperazine rings is 1. The van der Waals surface area contributed by atoms with Gasteiger partial charge in [-0.25, -0.2) is 4.99 Å². The number of piperidine rings is 1. The topological polar surface area (TPSA) is 118 Å². The molecule has 0 radical (unpaired) electrons. The van der Waals surface area contributed by atoms with Gasteiger partial charge in [0.05, 0.1) is 36.5 Å². The van der Waals surface area contributed by atoms with Crippen molar-refractivity contribution >= 4 is 23.4 Å². The highest BCUT2D eigenvalue weighted by Gasteiger charge is 2.56. The number of phenolic OH excluding ortho intramolecular Hbond substituents is 1. The van der Waals surface area contributed by atoms with Crippen molar-refractivity contribution in [2.75, 3.05) is 56.6 Å². The first kappa shape index (κ1) is 27.7. The number of methoxy groups -OCH3 is 1. The van der Waals surface area contributed by atoms with Crippen LogP contribution in [0.1, 0.15) is 38.5 Å². The number of nitrogens with zero attached hydrogens (tertiary/aromatic N) is 6. The molecule has 5 heterocycles. The number of phenols is 1. The summed E-state index contributed by atoms with van der Waals surface area (Å²) in [5.41, 5.74) is 2.82. The first-order chi connectivity index (χ1) is 21.5. The normalized spacial score (nSPS) is 31.5. The largest absolute Gasteiger partial charge is 0.507 e. The zero-order valence-corrected chi connectivity index (χ0v) is 25.4. The van der Waals surface area contributed by atoms with Crippen LogP contribution in [0.2, 0.25) is 0 Å². The molecule has 232 valence electrons. The van der Waals surface area contributed by atoms with E-state index in [9.17, 15) is 9.90 Å². The van der Waals surface area contributed by atoms with Crippen LogP contribution in [0.4, 0.5) is 11.5 Å². The molecule has 2 aliphatic carbocycles. The van der Waals surface area contributed by atoms with E-state index in [2.05, 4.69) is 47.8 Å². The lowest BCUT2D eigenvalue weighted by molar-refractivity contribution is -0.163. The second-order valence-electron chi connectivity index (χ2n) is 13.7. The molecule has 2 atom stereocenters. The maximum atomic E-state index is 11.8. The number of benzene rings is 1. The van der Waals surface area contributed by atoms with Crippen molar-refractivity contribution in [1.82, 2.24) is 25.3 Å². The zero-order valence-electron chi connectivity index (χ0n) is 25.4. The van der Waals surface area contributed by atoms with Gasteiger partial charge in [0, 0.05) is 44.0 Å². The number of carbonyl (C=O) groups excluding carboxylic acids is 1. The Kier molecular flexibility index (Phi) is 6.88. The van der Waals surface area contributed by atoms with E-state index in [1.165, 1.54) is 32.8 Å². The van der Waals surface area contributed by atoms with Crippen LogP contribution in [-0.2, 0) is 9.53 Å². The van der Waals surface area contributed by atoms with Gasteiger partial charge >= 0.3 is 5.97 Å². The van der Waals surface area contributed by atoms with Crippen molar-refractivity contribution in [1.29, 1.82) is 0 Å². The third-order valence-corrected chi connectivity index (χ3v) is 11.1. The summed E-state index contributed by atoms with van der Waals surface area (Å²) in [6.07, 6.45) is 11.2. The number of aromatic hydroxyl groups is 1. The molecular formula is C33H42N8O3. The minimum Gasteiger partial charge on any atom is -0.507 e. The van der Waals surface area contributed by atoms with Crippen LogP contribution in [0.25, 0.3) is 11.3 Å². The number of likely N-dealkylation sites (tertiary alicyclic amines) is 1. The Labute approximate surface area is 258 Å². The lowest BCUT2D eigenvalue weighted by atomic mass is 9.49. The summed E-state index contributed by atoms with van der Waals surface area (Å²) in [5, 5.41) is 26.1. The Balaban J connectivity index is 0.867. The average Bonchev–Trinajstić information content (AvgIpc) is 3.03. The van der Waals surface area contributed by atoms with Crippen molar-refractivity contribution in [2.45, 2.75) is 56.7 Å². The van der Waals surface area contributed by atoms with Gasteiger partial charge in [-0.1, -0.05) is 12.1 Å². The van der Waals surface area contributed by atoms with Crippen LogP contribution in [0.15, 0.2) is 47.6 Å². The molecule has 11 heteroatoms. The van der Waals surface area contributed by atoms with Gasteiger partial charge in [0.25, 0.3) is 0 Å². The number of esters is 1. The summed E-state index contributed by atoms with van der Waals surface area (Å²) in [6.45, 7) is 5.69. The maximum Gasteiger partial charge on any atom is 0.308 e. The lowest BCUT2D eigenvalue weighted by Crippen LogP contribution is -2.61. The molecule has 11 nitrogen and oxygen atoms in total. The molecule has 2 aromatic rings. The van der Waals surface area contributed by atoms with Gasteiger partial charge < -0.3 is 35.2 Å². The van der Waals surface area contributed by atoms with Crippen molar-refractivity contribution in [3.63, 3.8) is 0 Å². The number of ether oxygens (including phenoxy) is 1. The van der Waals surface area contributed by atoms with E-state index in [4.69, 9.17) is 9.73 Å². The van der Waals surface area contributed by atoms with Crippen LogP contribution in [0.3, 0.4) is 0 Å². The zero-order chi connectivity index (χ0) is 29.8. The molecule has 6 aliphatic rings. The molecule has 2 saturated carbocycles. The second kappa shape index (κ2) is 10.9. The molecule has 1 aromatic heterocycles. The molecule has 4 fully saturated rings. The van der Waals surface area contributed by atoms with Gasteiger partial charge in [0.1, 0.15) is 5.75 Å². The van der Waals surface area contributed by atoms with E-state index >= 15 is 0 Å². The van der Waals surface area contributed by atoms with Crippen molar-refractivity contribution in [3.8, 4) is 17.0 Å². The Bertz CT molecular complexity index is 1470. The number of fused-ring (bicyclic) bond motifs is 3. The quantitative estimate of drug-likeness (QED) is 0.453. The fourth-order valence-corrected chi connectivity index (χ4v) is 8.66. The predicted molar refractivity (Wildman–Crippen MR) is 168 cm³/mol. The highest BCUT2D eigenvalue weighted by atomic mass is 16.5. The summed E-state index contributed by atoms with van der Waals surface area (Å²) >= 11 is 0. The van der Waals surface area contributed by atoms with Gasteiger partial charge in [-0.15, -0.1) is 10.2 Å². The number of aliphatic imine (C=N–C) groups is 1. The first-order valence-electron chi connectivity index (χ1n) is 16.2.